The minimum absolute atomic E-state index is 0.0784. The molecule has 0 unspecified atom stereocenters. The number of anilines is 1. The fraction of sp³-hybridized carbons (Fsp3) is 0.208. The number of aryl methyl sites for hydroxylation is 1. The van der Waals surface area contributed by atoms with Gasteiger partial charge in [0.05, 0.1) is 28.4 Å². The molecule has 3 N–H and O–H groups in total. The molecule has 3 heterocycles. The number of nitriles is 1. The van der Waals surface area contributed by atoms with Gasteiger partial charge in [0.2, 0.25) is 0 Å². The predicted octanol–water partition coefficient (Wildman–Crippen LogP) is 4.15. The fourth-order valence-electron chi connectivity index (χ4n) is 4.25. The summed E-state index contributed by atoms with van der Waals surface area (Å²) in [7, 11) is 0. The number of H-pyrrole nitrogens is 1. The Morgan fingerprint density at radius 3 is 2.81 bits per heavy atom. The van der Waals surface area contributed by atoms with E-state index in [4.69, 9.17) is 10.7 Å². The second-order valence-corrected chi connectivity index (χ2v) is 7.94. The van der Waals surface area contributed by atoms with Gasteiger partial charge in [-0.15, -0.1) is 0 Å². The van der Waals surface area contributed by atoms with E-state index in [2.05, 4.69) is 20.9 Å². The Morgan fingerprint density at radius 1 is 1.23 bits per heavy atom. The summed E-state index contributed by atoms with van der Waals surface area (Å²) in [5.41, 5.74) is 12.2. The normalized spacial score (nSPS) is 16.1. The van der Waals surface area contributed by atoms with E-state index in [-0.39, 0.29) is 11.9 Å². The molecule has 1 aliphatic heterocycles. The van der Waals surface area contributed by atoms with E-state index < -0.39 is 0 Å². The van der Waals surface area contributed by atoms with E-state index in [0.29, 0.717) is 29.0 Å². The van der Waals surface area contributed by atoms with Gasteiger partial charge in [-0.1, -0.05) is 18.2 Å². The summed E-state index contributed by atoms with van der Waals surface area (Å²) in [4.78, 5) is 14.6. The third kappa shape index (κ3) is 3.31. The standard InChI is InChI=1S/C24H21FN6/c1-14-5-6-20(25)22-21(14)29-24(30-22)19-12-28-11-18(16-4-2-3-15(9-16)10-26)23(19)31-8-7-17(27)13-31/h2-6,9,11-12,17H,7-8,13,27H2,1H3,(H,29,30)/t17-/m0/s1. The summed E-state index contributed by atoms with van der Waals surface area (Å²) >= 11 is 0. The van der Waals surface area contributed by atoms with Crippen molar-refractivity contribution in [3.8, 4) is 28.6 Å². The Balaban J connectivity index is 1.75. The lowest BCUT2D eigenvalue weighted by molar-refractivity contribution is 0.637. The summed E-state index contributed by atoms with van der Waals surface area (Å²) in [6.45, 7) is 3.42. The van der Waals surface area contributed by atoms with Crippen molar-refractivity contribution in [2.75, 3.05) is 18.0 Å². The number of nitrogens with zero attached hydrogens (tertiary/aromatic N) is 4. The van der Waals surface area contributed by atoms with Gasteiger partial charge in [0.1, 0.15) is 17.2 Å². The maximum atomic E-state index is 14.4. The molecule has 2 aromatic heterocycles. The Morgan fingerprint density at radius 2 is 2.06 bits per heavy atom. The van der Waals surface area contributed by atoms with Crippen LogP contribution in [0.5, 0.6) is 0 Å². The lowest BCUT2D eigenvalue weighted by Gasteiger charge is -2.24. The van der Waals surface area contributed by atoms with Gasteiger partial charge in [-0.3, -0.25) is 4.98 Å². The van der Waals surface area contributed by atoms with Gasteiger partial charge in [0, 0.05) is 37.1 Å². The Labute approximate surface area is 179 Å². The smallest absolute Gasteiger partial charge is 0.148 e. The number of pyridine rings is 1. The van der Waals surface area contributed by atoms with Crippen LogP contribution < -0.4 is 10.6 Å². The SMILES string of the molecule is Cc1ccc(F)c2[nH]c(-c3cncc(-c4cccc(C#N)c4)c3N3CC[C@H](N)C3)nc12. The molecule has 4 aromatic rings. The molecule has 5 rings (SSSR count). The van der Waals surface area contributed by atoms with Crippen molar-refractivity contribution in [1.29, 1.82) is 5.26 Å². The van der Waals surface area contributed by atoms with Gasteiger partial charge in [0.15, 0.2) is 0 Å². The minimum atomic E-state index is -0.338. The molecule has 6 nitrogen and oxygen atoms in total. The molecule has 0 radical (unpaired) electrons. The molecule has 0 aliphatic carbocycles. The van der Waals surface area contributed by atoms with Crippen LogP contribution in [0.3, 0.4) is 0 Å². The fourth-order valence-corrected chi connectivity index (χ4v) is 4.25. The van der Waals surface area contributed by atoms with Crippen molar-refractivity contribution < 1.29 is 4.39 Å². The summed E-state index contributed by atoms with van der Waals surface area (Å²) in [5.74, 6) is 0.222. The van der Waals surface area contributed by atoms with Crippen LogP contribution in [0.15, 0.2) is 48.8 Å². The van der Waals surface area contributed by atoms with Crippen LogP contribution in [0.4, 0.5) is 10.1 Å². The quantitative estimate of drug-likeness (QED) is 0.527. The van der Waals surface area contributed by atoms with Crippen LogP contribution >= 0.6 is 0 Å². The second kappa shape index (κ2) is 7.49. The molecule has 31 heavy (non-hydrogen) atoms. The monoisotopic (exact) mass is 412 g/mol. The molecule has 1 fully saturated rings. The van der Waals surface area contributed by atoms with Gasteiger partial charge >= 0.3 is 0 Å². The molecule has 2 aromatic carbocycles. The molecule has 154 valence electrons. The van der Waals surface area contributed by atoms with Crippen molar-refractivity contribution in [3.63, 3.8) is 0 Å². The van der Waals surface area contributed by atoms with Crippen LogP contribution in [-0.4, -0.2) is 34.1 Å². The van der Waals surface area contributed by atoms with Gasteiger partial charge in [-0.2, -0.15) is 5.26 Å². The molecule has 0 spiro atoms. The largest absolute Gasteiger partial charge is 0.369 e. The highest BCUT2D eigenvalue weighted by Crippen LogP contribution is 2.40. The Bertz CT molecular complexity index is 1300. The zero-order valence-corrected chi connectivity index (χ0v) is 17.1. The van der Waals surface area contributed by atoms with E-state index in [1.807, 2.05) is 25.1 Å². The number of imidazole rings is 1. The molecule has 1 saturated heterocycles. The van der Waals surface area contributed by atoms with Crippen LogP contribution in [0.2, 0.25) is 0 Å². The lowest BCUT2D eigenvalue weighted by atomic mass is 10.00. The van der Waals surface area contributed by atoms with Crippen LogP contribution in [0, 0.1) is 24.1 Å². The summed E-state index contributed by atoms with van der Waals surface area (Å²) in [5, 5.41) is 9.35. The summed E-state index contributed by atoms with van der Waals surface area (Å²) in [6, 6.07) is 12.9. The average Bonchev–Trinajstić information content (AvgIpc) is 3.43. The molecule has 1 aliphatic rings. The number of hydrogen-bond acceptors (Lipinski definition) is 5. The number of rotatable bonds is 3. The van der Waals surface area contributed by atoms with E-state index >= 15 is 0 Å². The number of nitrogens with two attached hydrogens (primary N) is 1. The van der Waals surface area contributed by atoms with E-state index in [0.717, 1.165) is 40.9 Å². The van der Waals surface area contributed by atoms with Crippen LogP contribution in [0.25, 0.3) is 33.5 Å². The summed E-state index contributed by atoms with van der Waals surface area (Å²) < 4.78 is 14.4. The highest BCUT2D eigenvalue weighted by Gasteiger charge is 2.26. The maximum Gasteiger partial charge on any atom is 0.148 e. The Hall–Kier alpha value is -3.76. The zero-order chi connectivity index (χ0) is 21.5. The molecular weight excluding hydrogens is 391 g/mol. The van der Waals surface area contributed by atoms with Gasteiger partial charge in [-0.25, -0.2) is 9.37 Å². The third-order valence-corrected chi connectivity index (χ3v) is 5.81. The number of nitrogens with one attached hydrogen (secondary N) is 1. The Kier molecular flexibility index (Phi) is 4.64. The highest BCUT2D eigenvalue weighted by atomic mass is 19.1. The first-order valence-corrected chi connectivity index (χ1v) is 10.2. The molecule has 7 heteroatoms. The predicted molar refractivity (Wildman–Crippen MR) is 119 cm³/mol. The molecule has 0 amide bonds. The first-order chi connectivity index (χ1) is 15.0. The average molecular weight is 412 g/mol. The van der Waals surface area contributed by atoms with Crippen molar-refractivity contribution >= 4 is 16.7 Å². The van der Waals surface area contributed by atoms with Gasteiger partial charge < -0.3 is 15.6 Å². The van der Waals surface area contributed by atoms with Crippen molar-refractivity contribution in [2.24, 2.45) is 5.73 Å². The van der Waals surface area contributed by atoms with Crippen molar-refractivity contribution in [1.82, 2.24) is 15.0 Å². The first-order valence-electron chi connectivity index (χ1n) is 10.2. The number of halogens is 1. The summed E-state index contributed by atoms with van der Waals surface area (Å²) in [6.07, 6.45) is 4.43. The van der Waals surface area contributed by atoms with Crippen LogP contribution in [0.1, 0.15) is 17.5 Å². The molecule has 1 atom stereocenters. The number of fused-ring (bicyclic) bond motifs is 1. The molecular formula is C24H21FN6. The van der Waals surface area contributed by atoms with E-state index in [1.165, 1.54) is 6.07 Å². The third-order valence-electron chi connectivity index (χ3n) is 5.81. The lowest BCUT2D eigenvalue weighted by Crippen LogP contribution is -2.27. The molecule has 0 saturated carbocycles. The number of aromatic nitrogens is 3. The topological polar surface area (TPSA) is 94.6 Å². The maximum absolute atomic E-state index is 14.4. The zero-order valence-electron chi connectivity index (χ0n) is 17.1. The number of aromatic amines is 1. The van der Waals surface area contributed by atoms with Crippen molar-refractivity contribution in [3.05, 3.63) is 65.7 Å². The van der Waals surface area contributed by atoms with Gasteiger partial charge in [-0.05, 0) is 42.7 Å². The van der Waals surface area contributed by atoms with E-state index in [1.54, 1.807) is 24.5 Å². The van der Waals surface area contributed by atoms with Gasteiger partial charge in [0.25, 0.3) is 0 Å². The molecule has 0 bridgehead atoms. The first kappa shape index (κ1) is 19.2. The highest BCUT2D eigenvalue weighted by molar-refractivity contribution is 5.92. The number of benzene rings is 2. The number of hydrogen-bond donors (Lipinski definition) is 2. The van der Waals surface area contributed by atoms with Crippen LogP contribution in [-0.2, 0) is 0 Å². The van der Waals surface area contributed by atoms with Crippen molar-refractivity contribution in [2.45, 2.75) is 19.4 Å². The minimum Gasteiger partial charge on any atom is -0.369 e. The second-order valence-electron chi connectivity index (χ2n) is 7.94. The van der Waals surface area contributed by atoms with E-state index in [9.17, 15) is 9.65 Å².